The number of hydrogen-bond acceptors (Lipinski definition) is 4. The van der Waals surface area contributed by atoms with E-state index in [1.807, 2.05) is 12.1 Å². The molecule has 4 nitrogen and oxygen atoms in total. The van der Waals surface area contributed by atoms with Crippen molar-refractivity contribution in [3.63, 3.8) is 0 Å². The third-order valence-corrected chi connectivity index (χ3v) is 6.67. The molecule has 1 fully saturated rings. The SMILES string of the molecule is Cc1ccccc1[C@@H](Oc1ccc(S(C)(=O)=O)cc1)C(C)(C)N1CCCC1. The van der Waals surface area contributed by atoms with Crippen LogP contribution in [0, 0.1) is 6.92 Å². The van der Waals surface area contributed by atoms with Gasteiger partial charge < -0.3 is 4.74 Å². The topological polar surface area (TPSA) is 46.6 Å². The van der Waals surface area contributed by atoms with Crippen molar-refractivity contribution in [2.24, 2.45) is 0 Å². The van der Waals surface area contributed by atoms with Gasteiger partial charge in [0.1, 0.15) is 11.9 Å². The molecule has 1 saturated heterocycles. The largest absolute Gasteiger partial charge is 0.484 e. The first-order valence-corrected chi connectivity index (χ1v) is 11.4. The predicted octanol–water partition coefficient (Wildman–Crippen LogP) is 4.39. The Morgan fingerprint density at radius 3 is 2.15 bits per heavy atom. The summed E-state index contributed by atoms with van der Waals surface area (Å²) in [7, 11) is -3.21. The molecule has 0 saturated carbocycles. The fourth-order valence-electron chi connectivity index (χ4n) is 3.83. The first kappa shape index (κ1) is 19.9. The van der Waals surface area contributed by atoms with Crippen LogP contribution in [0.25, 0.3) is 0 Å². The molecular weight excluding hydrogens is 358 g/mol. The van der Waals surface area contributed by atoms with Crippen LogP contribution in [0.15, 0.2) is 53.4 Å². The molecule has 0 aromatic heterocycles. The van der Waals surface area contributed by atoms with E-state index < -0.39 is 9.84 Å². The van der Waals surface area contributed by atoms with Gasteiger partial charge in [-0.2, -0.15) is 0 Å². The highest BCUT2D eigenvalue weighted by atomic mass is 32.2. The van der Waals surface area contributed by atoms with Crippen molar-refractivity contribution >= 4 is 9.84 Å². The second-order valence-electron chi connectivity index (χ2n) is 7.95. The molecule has 0 N–H and O–H groups in total. The van der Waals surface area contributed by atoms with Crippen LogP contribution >= 0.6 is 0 Å². The van der Waals surface area contributed by atoms with Gasteiger partial charge in [-0.1, -0.05) is 24.3 Å². The summed E-state index contributed by atoms with van der Waals surface area (Å²) < 4.78 is 29.9. The van der Waals surface area contributed by atoms with Gasteiger partial charge >= 0.3 is 0 Å². The second-order valence-corrected chi connectivity index (χ2v) is 9.96. The molecule has 0 unspecified atom stereocenters. The van der Waals surface area contributed by atoms with Gasteiger partial charge in [0.15, 0.2) is 9.84 Å². The Balaban J connectivity index is 1.96. The minimum Gasteiger partial charge on any atom is -0.484 e. The molecule has 2 aromatic carbocycles. The zero-order valence-electron chi connectivity index (χ0n) is 16.6. The van der Waals surface area contributed by atoms with Crippen molar-refractivity contribution in [2.45, 2.75) is 50.2 Å². The Hall–Kier alpha value is -1.85. The highest BCUT2D eigenvalue weighted by Gasteiger charge is 2.40. The standard InChI is InChI=1S/C22H29NO3S/c1-17-9-5-6-10-20(17)21(22(2,3)23-15-7-8-16-23)26-18-11-13-19(14-12-18)27(4,24)25/h5-6,9-14,21H,7-8,15-16H2,1-4H3/t21-/m1/s1. The molecule has 0 radical (unpaired) electrons. The van der Waals surface area contributed by atoms with E-state index in [1.54, 1.807) is 24.3 Å². The number of nitrogens with zero attached hydrogens (tertiary/aromatic N) is 1. The van der Waals surface area contributed by atoms with Crippen molar-refractivity contribution in [1.29, 1.82) is 0 Å². The van der Waals surface area contributed by atoms with E-state index >= 15 is 0 Å². The first-order valence-electron chi connectivity index (χ1n) is 9.47. The summed E-state index contributed by atoms with van der Waals surface area (Å²) in [4.78, 5) is 2.80. The van der Waals surface area contributed by atoms with Crippen LogP contribution in [0.3, 0.4) is 0 Å². The Morgan fingerprint density at radius 1 is 1.00 bits per heavy atom. The van der Waals surface area contributed by atoms with Gasteiger partial charge in [-0.15, -0.1) is 0 Å². The van der Waals surface area contributed by atoms with Crippen molar-refractivity contribution in [3.05, 3.63) is 59.7 Å². The number of aryl methyl sites for hydroxylation is 1. The maximum Gasteiger partial charge on any atom is 0.175 e. The molecule has 27 heavy (non-hydrogen) atoms. The number of sulfone groups is 1. The lowest BCUT2D eigenvalue weighted by molar-refractivity contribution is 0.0174. The van der Waals surface area contributed by atoms with Gasteiger partial charge in [0.2, 0.25) is 0 Å². The summed E-state index contributed by atoms with van der Waals surface area (Å²) in [6.45, 7) is 8.73. The van der Waals surface area contributed by atoms with Crippen molar-refractivity contribution in [3.8, 4) is 5.75 Å². The summed E-state index contributed by atoms with van der Waals surface area (Å²) in [6, 6.07) is 15.1. The highest BCUT2D eigenvalue weighted by molar-refractivity contribution is 7.90. The minimum atomic E-state index is -3.21. The lowest BCUT2D eigenvalue weighted by atomic mass is 9.87. The highest BCUT2D eigenvalue weighted by Crippen LogP contribution is 2.38. The van der Waals surface area contributed by atoms with Gasteiger partial charge in [-0.3, -0.25) is 4.90 Å². The summed E-state index contributed by atoms with van der Waals surface area (Å²) in [5.41, 5.74) is 2.18. The number of rotatable bonds is 6. The van der Waals surface area contributed by atoms with Gasteiger partial charge in [0.05, 0.1) is 10.4 Å². The van der Waals surface area contributed by atoms with Crippen molar-refractivity contribution in [2.75, 3.05) is 19.3 Å². The number of benzene rings is 2. The fraction of sp³-hybridized carbons (Fsp3) is 0.455. The predicted molar refractivity (Wildman–Crippen MR) is 109 cm³/mol. The van der Waals surface area contributed by atoms with Crippen LogP contribution in [-0.4, -0.2) is 38.2 Å². The van der Waals surface area contributed by atoms with Gasteiger partial charge in [-0.05, 0) is 82.1 Å². The maximum absolute atomic E-state index is 11.7. The van der Waals surface area contributed by atoms with Crippen molar-refractivity contribution in [1.82, 2.24) is 4.90 Å². The average Bonchev–Trinajstić information content (AvgIpc) is 3.15. The van der Waals surface area contributed by atoms with E-state index in [9.17, 15) is 8.42 Å². The normalized spacial score (nSPS) is 17.0. The molecule has 0 amide bonds. The first-order chi connectivity index (χ1) is 12.7. The summed E-state index contributed by atoms with van der Waals surface area (Å²) in [6.07, 6.45) is 3.50. The maximum atomic E-state index is 11.7. The molecule has 1 aliphatic rings. The zero-order chi connectivity index (χ0) is 19.7. The summed E-state index contributed by atoms with van der Waals surface area (Å²) in [5, 5.41) is 0. The van der Waals surface area contributed by atoms with Crippen LogP contribution < -0.4 is 4.74 Å². The lowest BCUT2D eigenvalue weighted by Gasteiger charge is -2.42. The van der Waals surface area contributed by atoms with Crippen molar-refractivity contribution < 1.29 is 13.2 Å². The number of hydrogen-bond donors (Lipinski definition) is 0. The third kappa shape index (κ3) is 4.36. The van der Waals surface area contributed by atoms with Crippen LogP contribution in [0.4, 0.5) is 0 Å². The molecule has 146 valence electrons. The third-order valence-electron chi connectivity index (χ3n) is 5.54. The molecule has 5 heteroatoms. The van der Waals surface area contributed by atoms with E-state index in [0.29, 0.717) is 10.6 Å². The lowest BCUT2D eigenvalue weighted by Crippen LogP contribution is -2.48. The van der Waals surface area contributed by atoms with E-state index in [0.717, 1.165) is 13.1 Å². The van der Waals surface area contributed by atoms with E-state index in [2.05, 4.69) is 37.8 Å². The Bertz CT molecular complexity index is 882. The molecule has 2 aromatic rings. The van der Waals surface area contributed by atoms with E-state index in [4.69, 9.17) is 4.74 Å². The smallest absolute Gasteiger partial charge is 0.175 e. The number of ether oxygens (including phenoxy) is 1. The molecule has 0 bridgehead atoms. The Labute approximate surface area is 163 Å². The van der Waals surface area contributed by atoms with Crippen LogP contribution in [0.2, 0.25) is 0 Å². The van der Waals surface area contributed by atoms with Gasteiger partial charge in [0.25, 0.3) is 0 Å². The van der Waals surface area contributed by atoms with Gasteiger partial charge in [0, 0.05) is 6.26 Å². The average molecular weight is 388 g/mol. The molecule has 1 heterocycles. The van der Waals surface area contributed by atoms with Gasteiger partial charge in [-0.25, -0.2) is 8.42 Å². The van der Waals surface area contributed by atoms with Crippen LogP contribution in [0.1, 0.15) is 43.9 Å². The second kappa shape index (κ2) is 7.64. The quantitative estimate of drug-likeness (QED) is 0.737. The van der Waals surface area contributed by atoms with Crippen LogP contribution in [-0.2, 0) is 9.84 Å². The molecule has 1 aliphatic heterocycles. The summed E-state index contributed by atoms with van der Waals surface area (Å²) in [5.74, 6) is 0.683. The van der Waals surface area contributed by atoms with E-state index in [-0.39, 0.29) is 11.6 Å². The Morgan fingerprint density at radius 2 is 1.59 bits per heavy atom. The molecule has 1 atom stereocenters. The van der Waals surface area contributed by atoms with E-state index in [1.165, 1.54) is 30.2 Å². The summed E-state index contributed by atoms with van der Waals surface area (Å²) >= 11 is 0. The molecular formula is C22H29NO3S. The molecule has 0 spiro atoms. The molecule has 3 rings (SSSR count). The monoisotopic (exact) mass is 387 g/mol. The molecule has 0 aliphatic carbocycles. The number of likely N-dealkylation sites (tertiary alicyclic amines) is 1. The minimum absolute atomic E-state index is 0.152. The fourth-order valence-corrected chi connectivity index (χ4v) is 4.46. The Kier molecular flexibility index (Phi) is 5.63. The zero-order valence-corrected chi connectivity index (χ0v) is 17.4. The van der Waals surface area contributed by atoms with Crippen LogP contribution in [0.5, 0.6) is 5.75 Å².